The maximum atomic E-state index is 11.2. The molecule has 14 heavy (non-hydrogen) atoms. The first-order valence-electron chi connectivity index (χ1n) is 4.97. The van der Waals surface area contributed by atoms with Crippen molar-refractivity contribution < 1.29 is 14.3 Å². The molecule has 0 bridgehead atoms. The normalized spacial score (nSPS) is 24.3. The van der Waals surface area contributed by atoms with Gasteiger partial charge in [0.05, 0.1) is 19.1 Å². The fourth-order valence-electron chi connectivity index (χ4n) is 1.37. The number of rotatable bonds is 4. The van der Waals surface area contributed by atoms with Crippen LogP contribution in [0.15, 0.2) is 23.8 Å². The fraction of sp³-hybridized carbons (Fsp3) is 0.545. The minimum atomic E-state index is -0.160. The number of allylic oxidation sites excluding steroid dienone is 2. The van der Waals surface area contributed by atoms with Crippen LogP contribution in [0.1, 0.15) is 19.3 Å². The van der Waals surface area contributed by atoms with E-state index in [2.05, 4.69) is 12.2 Å². The van der Waals surface area contributed by atoms with Gasteiger partial charge >= 0.3 is 5.97 Å². The third kappa shape index (κ3) is 3.00. The third-order valence-electron chi connectivity index (χ3n) is 2.27. The Kier molecular flexibility index (Phi) is 2.99. The Balaban J connectivity index is 1.67. The van der Waals surface area contributed by atoms with Gasteiger partial charge in [-0.3, -0.25) is 4.79 Å². The number of hydrogen-bond acceptors (Lipinski definition) is 3. The number of carbonyl (C=O) groups is 1. The van der Waals surface area contributed by atoms with Gasteiger partial charge in [0.2, 0.25) is 0 Å². The zero-order chi connectivity index (χ0) is 9.80. The second kappa shape index (κ2) is 4.42. The van der Waals surface area contributed by atoms with E-state index in [1.807, 2.05) is 6.08 Å². The highest BCUT2D eigenvalue weighted by molar-refractivity contribution is 5.70. The van der Waals surface area contributed by atoms with Gasteiger partial charge in [-0.1, -0.05) is 18.2 Å². The first-order valence-corrected chi connectivity index (χ1v) is 4.97. The molecule has 0 spiro atoms. The predicted molar refractivity (Wildman–Crippen MR) is 51.8 cm³/mol. The lowest BCUT2D eigenvalue weighted by Gasteiger charge is -2.07. The molecule has 0 N–H and O–H groups in total. The Morgan fingerprint density at radius 3 is 3.07 bits per heavy atom. The molecule has 1 saturated heterocycles. The average Bonchev–Trinajstić information content (AvgIpc) is 3.00. The topological polar surface area (TPSA) is 38.8 Å². The molecular formula is C11H14O3. The van der Waals surface area contributed by atoms with Gasteiger partial charge in [-0.25, -0.2) is 0 Å². The molecule has 0 aromatic rings. The lowest BCUT2D eigenvalue weighted by molar-refractivity contribution is -0.142. The van der Waals surface area contributed by atoms with Crippen molar-refractivity contribution in [2.24, 2.45) is 0 Å². The van der Waals surface area contributed by atoms with E-state index in [4.69, 9.17) is 9.47 Å². The van der Waals surface area contributed by atoms with E-state index in [-0.39, 0.29) is 12.1 Å². The average molecular weight is 194 g/mol. The van der Waals surface area contributed by atoms with Crippen LogP contribution in [0, 0.1) is 0 Å². The minimum absolute atomic E-state index is 0.123. The van der Waals surface area contributed by atoms with Crippen molar-refractivity contribution in [2.75, 3.05) is 13.2 Å². The van der Waals surface area contributed by atoms with Crippen molar-refractivity contribution in [1.82, 2.24) is 0 Å². The van der Waals surface area contributed by atoms with Crippen LogP contribution in [-0.2, 0) is 14.3 Å². The summed E-state index contributed by atoms with van der Waals surface area (Å²) in [6, 6.07) is 0. The van der Waals surface area contributed by atoms with Gasteiger partial charge in [0, 0.05) is 0 Å². The Bertz CT molecular complexity index is 274. The van der Waals surface area contributed by atoms with Crippen LogP contribution in [0.25, 0.3) is 0 Å². The van der Waals surface area contributed by atoms with Crippen molar-refractivity contribution in [2.45, 2.75) is 25.4 Å². The molecule has 0 amide bonds. The van der Waals surface area contributed by atoms with Crippen molar-refractivity contribution in [1.29, 1.82) is 0 Å². The molecular weight excluding hydrogens is 180 g/mol. The van der Waals surface area contributed by atoms with Gasteiger partial charge < -0.3 is 9.47 Å². The Morgan fingerprint density at radius 1 is 1.57 bits per heavy atom. The molecule has 0 saturated carbocycles. The van der Waals surface area contributed by atoms with E-state index in [0.717, 1.165) is 18.4 Å². The van der Waals surface area contributed by atoms with Gasteiger partial charge in [0.1, 0.15) is 6.61 Å². The third-order valence-corrected chi connectivity index (χ3v) is 2.27. The first-order chi connectivity index (χ1) is 6.84. The molecule has 2 aliphatic rings. The highest BCUT2D eigenvalue weighted by Gasteiger charge is 2.26. The van der Waals surface area contributed by atoms with Gasteiger partial charge in [0.25, 0.3) is 0 Å². The summed E-state index contributed by atoms with van der Waals surface area (Å²) < 4.78 is 10.0. The smallest absolute Gasteiger partial charge is 0.308 e. The van der Waals surface area contributed by atoms with Crippen LogP contribution in [0.5, 0.6) is 0 Å². The summed E-state index contributed by atoms with van der Waals surface area (Å²) in [6.45, 7) is 1.11. The first kappa shape index (κ1) is 9.46. The van der Waals surface area contributed by atoms with Crippen LogP contribution < -0.4 is 0 Å². The van der Waals surface area contributed by atoms with E-state index >= 15 is 0 Å². The number of ether oxygens (including phenoxy) is 2. The van der Waals surface area contributed by atoms with Crippen LogP contribution in [0.2, 0.25) is 0 Å². The summed E-state index contributed by atoms with van der Waals surface area (Å²) in [5, 5.41) is 0. The maximum absolute atomic E-state index is 11.2. The van der Waals surface area contributed by atoms with E-state index in [0.29, 0.717) is 19.6 Å². The highest BCUT2D eigenvalue weighted by Crippen LogP contribution is 2.15. The molecule has 1 aliphatic carbocycles. The molecule has 1 heterocycles. The van der Waals surface area contributed by atoms with E-state index in [9.17, 15) is 4.79 Å². The monoisotopic (exact) mass is 194 g/mol. The fourth-order valence-corrected chi connectivity index (χ4v) is 1.37. The van der Waals surface area contributed by atoms with Crippen LogP contribution in [0.3, 0.4) is 0 Å². The zero-order valence-corrected chi connectivity index (χ0v) is 8.07. The predicted octanol–water partition coefficient (Wildman–Crippen LogP) is 1.59. The quantitative estimate of drug-likeness (QED) is 0.504. The van der Waals surface area contributed by atoms with Crippen LogP contribution >= 0.6 is 0 Å². The SMILES string of the molecule is O=C(CC1CO1)OCC1=CCCC=C1. The van der Waals surface area contributed by atoms with Crippen LogP contribution in [0.4, 0.5) is 0 Å². The number of carbonyl (C=O) groups excluding carboxylic acids is 1. The zero-order valence-electron chi connectivity index (χ0n) is 8.07. The Morgan fingerprint density at radius 2 is 2.43 bits per heavy atom. The van der Waals surface area contributed by atoms with E-state index in [1.165, 1.54) is 0 Å². The number of hydrogen-bond donors (Lipinski definition) is 0. The maximum Gasteiger partial charge on any atom is 0.308 e. The summed E-state index contributed by atoms with van der Waals surface area (Å²) >= 11 is 0. The van der Waals surface area contributed by atoms with E-state index < -0.39 is 0 Å². The molecule has 76 valence electrons. The van der Waals surface area contributed by atoms with Crippen molar-refractivity contribution in [3.05, 3.63) is 23.8 Å². The second-order valence-electron chi connectivity index (χ2n) is 3.58. The summed E-state index contributed by atoms with van der Waals surface area (Å²) in [6.07, 6.45) is 8.90. The molecule has 0 radical (unpaired) electrons. The van der Waals surface area contributed by atoms with Crippen molar-refractivity contribution in [3.8, 4) is 0 Å². The summed E-state index contributed by atoms with van der Waals surface area (Å²) in [7, 11) is 0. The molecule has 3 heteroatoms. The van der Waals surface area contributed by atoms with Crippen molar-refractivity contribution in [3.63, 3.8) is 0 Å². The minimum Gasteiger partial charge on any atom is -0.461 e. The van der Waals surface area contributed by atoms with Gasteiger partial charge in [-0.15, -0.1) is 0 Å². The van der Waals surface area contributed by atoms with Crippen LogP contribution in [-0.4, -0.2) is 25.3 Å². The molecule has 1 aliphatic heterocycles. The van der Waals surface area contributed by atoms with E-state index in [1.54, 1.807) is 0 Å². The van der Waals surface area contributed by atoms with Gasteiger partial charge in [-0.05, 0) is 18.4 Å². The highest BCUT2D eigenvalue weighted by atomic mass is 16.6. The summed E-state index contributed by atoms with van der Waals surface area (Å²) in [5.41, 5.74) is 1.10. The largest absolute Gasteiger partial charge is 0.461 e. The van der Waals surface area contributed by atoms with Gasteiger partial charge in [-0.2, -0.15) is 0 Å². The molecule has 2 rings (SSSR count). The summed E-state index contributed by atoms with van der Waals surface area (Å²) in [4.78, 5) is 11.2. The molecule has 1 atom stereocenters. The lowest BCUT2D eigenvalue weighted by atomic mass is 10.1. The molecule has 0 aromatic heterocycles. The van der Waals surface area contributed by atoms with Gasteiger partial charge in [0.15, 0.2) is 0 Å². The lowest BCUT2D eigenvalue weighted by Crippen LogP contribution is -2.09. The molecule has 0 aromatic carbocycles. The number of esters is 1. The summed E-state index contributed by atoms with van der Waals surface area (Å²) in [5.74, 6) is -0.160. The molecule has 1 fully saturated rings. The molecule has 1 unspecified atom stereocenters. The standard InChI is InChI=1S/C11H14O3/c12-11(6-10-8-13-10)14-7-9-4-2-1-3-5-9/h2,4-5,10H,1,3,6-8H2. The molecule has 3 nitrogen and oxygen atoms in total. The Hall–Kier alpha value is -1.09. The second-order valence-corrected chi connectivity index (χ2v) is 3.58. The number of epoxide rings is 1. The Labute approximate surface area is 83.4 Å². The van der Waals surface area contributed by atoms with Crippen molar-refractivity contribution >= 4 is 5.97 Å².